The van der Waals surface area contributed by atoms with Crippen LogP contribution in [0.3, 0.4) is 0 Å². The van der Waals surface area contributed by atoms with E-state index in [1.165, 1.54) is 31.4 Å². The second kappa shape index (κ2) is 8.22. The first-order valence-electron chi connectivity index (χ1n) is 8.14. The van der Waals surface area contributed by atoms with Crippen LogP contribution in [0.2, 0.25) is 0 Å². The van der Waals surface area contributed by atoms with Gasteiger partial charge in [-0.25, -0.2) is 13.2 Å². The number of carbonyl (C=O) groups is 2. The van der Waals surface area contributed by atoms with Crippen LogP contribution in [0.15, 0.2) is 42.5 Å². The molecule has 7 nitrogen and oxygen atoms in total. The summed E-state index contributed by atoms with van der Waals surface area (Å²) in [4.78, 5) is 24.1. The monoisotopic (exact) mass is 390 g/mol. The lowest BCUT2D eigenvalue weighted by atomic mass is 10.1. The first kappa shape index (κ1) is 20.4. The van der Waals surface area contributed by atoms with Gasteiger partial charge in [-0.1, -0.05) is 12.1 Å². The molecule has 0 aliphatic rings. The zero-order valence-corrected chi connectivity index (χ0v) is 16.5. The Kier molecular flexibility index (Phi) is 6.22. The first-order valence-corrected chi connectivity index (χ1v) is 9.99. The Balaban J connectivity index is 2.27. The number of carbonyl (C=O) groups excluding carboxylic acids is 2. The molecule has 0 saturated carbocycles. The number of nitrogens with one attached hydrogen (secondary N) is 1. The van der Waals surface area contributed by atoms with Crippen molar-refractivity contribution in [3.63, 3.8) is 0 Å². The number of hydrogen-bond acceptors (Lipinski definition) is 5. The van der Waals surface area contributed by atoms with Crippen LogP contribution in [0.1, 0.15) is 21.5 Å². The molecule has 0 saturated heterocycles. The van der Waals surface area contributed by atoms with Crippen LogP contribution in [0.5, 0.6) is 0 Å². The van der Waals surface area contributed by atoms with E-state index >= 15 is 0 Å². The van der Waals surface area contributed by atoms with Crippen LogP contribution in [0.25, 0.3) is 0 Å². The van der Waals surface area contributed by atoms with Crippen LogP contribution in [-0.4, -0.2) is 40.2 Å². The standard InChI is InChI=1S/C19H22N2O5S/c1-13-8-14(2)10-16(9-13)20-18(22)12-21(27(4,24)25)17-7-5-6-15(11-17)19(23)26-3/h5-11H,12H2,1-4H3,(H,20,22). The third-order valence-corrected chi connectivity index (χ3v) is 4.89. The predicted octanol–water partition coefficient (Wildman–Crippen LogP) is 2.49. The van der Waals surface area contributed by atoms with E-state index in [0.717, 1.165) is 21.7 Å². The highest BCUT2D eigenvalue weighted by molar-refractivity contribution is 7.92. The van der Waals surface area contributed by atoms with Crippen LogP contribution < -0.4 is 9.62 Å². The molecule has 0 fully saturated rings. The van der Waals surface area contributed by atoms with E-state index in [2.05, 4.69) is 10.1 Å². The van der Waals surface area contributed by atoms with Gasteiger partial charge in [0, 0.05) is 5.69 Å². The van der Waals surface area contributed by atoms with Crippen molar-refractivity contribution in [3.05, 3.63) is 59.2 Å². The molecule has 1 N–H and O–H groups in total. The normalized spacial score (nSPS) is 11.0. The molecular formula is C19H22N2O5S. The predicted molar refractivity (Wildman–Crippen MR) is 105 cm³/mol. The Hall–Kier alpha value is -2.87. The third-order valence-electron chi connectivity index (χ3n) is 3.75. The number of hydrogen-bond donors (Lipinski definition) is 1. The molecule has 0 aromatic heterocycles. The lowest BCUT2D eigenvalue weighted by molar-refractivity contribution is -0.114. The Morgan fingerprint density at radius 3 is 2.26 bits per heavy atom. The van der Waals surface area contributed by atoms with Crippen molar-refractivity contribution >= 4 is 33.3 Å². The number of ether oxygens (including phenoxy) is 1. The molecule has 8 heteroatoms. The first-order chi connectivity index (χ1) is 12.6. The molecule has 0 aliphatic heterocycles. The van der Waals surface area contributed by atoms with Gasteiger partial charge in [0.1, 0.15) is 6.54 Å². The van der Waals surface area contributed by atoms with E-state index in [9.17, 15) is 18.0 Å². The molecule has 0 bridgehead atoms. The fraction of sp³-hybridized carbons (Fsp3) is 0.263. The summed E-state index contributed by atoms with van der Waals surface area (Å²) in [6.07, 6.45) is 1.00. The Morgan fingerprint density at radius 1 is 1.07 bits per heavy atom. The number of methoxy groups -OCH3 is 1. The van der Waals surface area contributed by atoms with Crippen molar-refractivity contribution in [2.45, 2.75) is 13.8 Å². The summed E-state index contributed by atoms with van der Waals surface area (Å²) in [5, 5.41) is 2.71. The van der Waals surface area contributed by atoms with E-state index in [1.54, 1.807) is 12.1 Å². The van der Waals surface area contributed by atoms with Crippen LogP contribution in [0, 0.1) is 13.8 Å². The number of benzene rings is 2. The lowest BCUT2D eigenvalue weighted by Crippen LogP contribution is -2.37. The van der Waals surface area contributed by atoms with Gasteiger partial charge in [-0.15, -0.1) is 0 Å². The molecule has 2 rings (SSSR count). The lowest BCUT2D eigenvalue weighted by Gasteiger charge is -2.22. The number of aryl methyl sites for hydroxylation is 2. The van der Waals surface area contributed by atoms with Crippen molar-refractivity contribution < 1.29 is 22.7 Å². The molecule has 0 spiro atoms. The molecule has 27 heavy (non-hydrogen) atoms. The van der Waals surface area contributed by atoms with Gasteiger partial charge in [0.25, 0.3) is 0 Å². The van der Waals surface area contributed by atoms with Crippen LogP contribution in [0.4, 0.5) is 11.4 Å². The zero-order valence-electron chi connectivity index (χ0n) is 15.6. The summed E-state index contributed by atoms with van der Waals surface area (Å²) in [6.45, 7) is 3.39. The smallest absolute Gasteiger partial charge is 0.337 e. The number of esters is 1. The second-order valence-corrected chi connectivity index (χ2v) is 8.14. The Morgan fingerprint density at radius 2 is 1.70 bits per heavy atom. The average Bonchev–Trinajstić information content (AvgIpc) is 2.57. The number of amides is 1. The average molecular weight is 390 g/mol. The number of rotatable bonds is 6. The maximum Gasteiger partial charge on any atom is 0.337 e. The fourth-order valence-electron chi connectivity index (χ4n) is 2.68. The summed E-state index contributed by atoms with van der Waals surface area (Å²) in [5.74, 6) is -1.08. The van der Waals surface area contributed by atoms with Crippen molar-refractivity contribution in [2.75, 3.05) is 29.5 Å². The van der Waals surface area contributed by atoms with Crippen molar-refractivity contribution in [1.29, 1.82) is 0 Å². The van der Waals surface area contributed by atoms with Crippen LogP contribution in [-0.2, 0) is 19.6 Å². The van der Waals surface area contributed by atoms with Gasteiger partial charge in [-0.05, 0) is 55.3 Å². The summed E-state index contributed by atoms with van der Waals surface area (Å²) in [6, 6.07) is 11.5. The highest BCUT2D eigenvalue weighted by Crippen LogP contribution is 2.20. The van der Waals surface area contributed by atoms with Gasteiger partial charge in [0.2, 0.25) is 15.9 Å². The largest absolute Gasteiger partial charge is 0.465 e. The van der Waals surface area contributed by atoms with Crippen molar-refractivity contribution in [2.24, 2.45) is 0 Å². The summed E-state index contributed by atoms with van der Waals surface area (Å²) >= 11 is 0. The SMILES string of the molecule is COC(=O)c1cccc(N(CC(=O)Nc2cc(C)cc(C)c2)S(C)(=O)=O)c1. The van der Waals surface area contributed by atoms with Gasteiger partial charge < -0.3 is 10.1 Å². The summed E-state index contributed by atoms with van der Waals surface area (Å²) in [5.41, 5.74) is 2.95. The minimum absolute atomic E-state index is 0.193. The summed E-state index contributed by atoms with van der Waals surface area (Å²) in [7, 11) is -2.51. The van der Waals surface area contributed by atoms with Gasteiger partial charge in [-0.3, -0.25) is 9.10 Å². The molecule has 0 atom stereocenters. The van der Waals surface area contributed by atoms with Gasteiger partial charge >= 0.3 is 5.97 Å². The molecule has 144 valence electrons. The maximum absolute atomic E-state index is 12.4. The number of anilines is 2. The Labute approximate surface area is 159 Å². The maximum atomic E-state index is 12.4. The molecule has 0 radical (unpaired) electrons. The third kappa shape index (κ3) is 5.55. The van der Waals surface area contributed by atoms with Gasteiger partial charge in [0.05, 0.1) is 24.6 Å². The second-order valence-electron chi connectivity index (χ2n) is 6.24. The van der Waals surface area contributed by atoms with Crippen LogP contribution >= 0.6 is 0 Å². The van der Waals surface area contributed by atoms with E-state index in [4.69, 9.17) is 0 Å². The highest BCUT2D eigenvalue weighted by atomic mass is 32.2. The summed E-state index contributed by atoms with van der Waals surface area (Å²) < 4.78 is 30.0. The number of nitrogens with zero attached hydrogens (tertiary/aromatic N) is 1. The highest BCUT2D eigenvalue weighted by Gasteiger charge is 2.22. The Bertz CT molecular complexity index is 950. The van der Waals surface area contributed by atoms with Gasteiger partial charge in [0.15, 0.2) is 0 Å². The minimum atomic E-state index is -3.75. The van der Waals surface area contributed by atoms with E-state index in [-0.39, 0.29) is 11.3 Å². The topological polar surface area (TPSA) is 92.8 Å². The van der Waals surface area contributed by atoms with E-state index in [0.29, 0.717) is 5.69 Å². The molecule has 0 heterocycles. The van der Waals surface area contributed by atoms with Crippen molar-refractivity contribution in [3.8, 4) is 0 Å². The molecule has 0 unspecified atom stereocenters. The quantitative estimate of drug-likeness (QED) is 0.765. The molecular weight excluding hydrogens is 368 g/mol. The number of sulfonamides is 1. The molecule has 2 aromatic carbocycles. The fourth-order valence-corrected chi connectivity index (χ4v) is 3.53. The molecule has 0 aliphatic carbocycles. The molecule has 2 aromatic rings. The van der Waals surface area contributed by atoms with Gasteiger partial charge in [-0.2, -0.15) is 0 Å². The minimum Gasteiger partial charge on any atom is -0.465 e. The van der Waals surface area contributed by atoms with Crippen molar-refractivity contribution in [1.82, 2.24) is 0 Å². The van der Waals surface area contributed by atoms with E-state index < -0.39 is 28.4 Å². The molecule has 1 amide bonds. The van der Waals surface area contributed by atoms with E-state index in [1.807, 2.05) is 19.9 Å². The zero-order chi connectivity index (χ0) is 20.2.